The number of rotatable bonds is 6. The number of benzene rings is 1. The zero-order valence-corrected chi connectivity index (χ0v) is 12.6. The molecule has 1 N–H and O–H groups in total. The number of azide groups is 1. The minimum atomic E-state index is -0.654. The minimum Gasteiger partial charge on any atom is -0.365 e. The van der Waals surface area contributed by atoms with Crippen molar-refractivity contribution in [2.24, 2.45) is 5.11 Å². The molecule has 2 heterocycles. The molecular weight excluding hydrogens is 316 g/mol. The Balaban J connectivity index is 1.99. The summed E-state index contributed by atoms with van der Waals surface area (Å²) in [4.78, 5) is 14.7. The summed E-state index contributed by atoms with van der Waals surface area (Å²) in [7, 11) is 0. The molecule has 2 aromatic heterocycles. The molecule has 0 spiro atoms. The summed E-state index contributed by atoms with van der Waals surface area (Å²) >= 11 is 0. The Morgan fingerprint density at radius 1 is 1.38 bits per heavy atom. The van der Waals surface area contributed by atoms with Crippen molar-refractivity contribution in [2.45, 2.75) is 6.92 Å². The highest BCUT2D eigenvalue weighted by atomic mass is 16.6. The lowest BCUT2D eigenvalue weighted by atomic mass is 10.2. The fraction of sp³-hybridized carbons (Fsp3) is 0.231. The molecule has 3 rings (SSSR count). The standard InChI is InChI=1S/C13H12N8O3/c1-8-3-2-4-9(7-8)21-12(19-23-13(21)22)10-11(18-24-17-10)15-5-6-16-20-14/h2-4,7H,5-6H2,1H3,(H,15,18). The zero-order valence-electron chi connectivity index (χ0n) is 12.6. The molecule has 11 nitrogen and oxygen atoms in total. The number of hydrogen-bond donors (Lipinski definition) is 1. The fourth-order valence-electron chi connectivity index (χ4n) is 2.11. The Morgan fingerprint density at radius 3 is 3.04 bits per heavy atom. The van der Waals surface area contributed by atoms with Crippen LogP contribution in [0.25, 0.3) is 27.6 Å². The van der Waals surface area contributed by atoms with Crippen molar-refractivity contribution in [3.8, 4) is 17.2 Å². The molecule has 0 atom stereocenters. The number of aryl methyl sites for hydroxylation is 1. The van der Waals surface area contributed by atoms with Crippen LogP contribution in [-0.2, 0) is 0 Å². The Kier molecular flexibility index (Phi) is 4.25. The second-order valence-electron chi connectivity index (χ2n) is 4.79. The highest BCUT2D eigenvalue weighted by Crippen LogP contribution is 2.24. The van der Waals surface area contributed by atoms with Crippen LogP contribution in [0.15, 0.2) is 43.3 Å². The van der Waals surface area contributed by atoms with Gasteiger partial charge in [0.05, 0.1) is 5.69 Å². The molecule has 0 radical (unpaired) electrons. The van der Waals surface area contributed by atoms with Gasteiger partial charge in [-0.2, -0.15) is 0 Å². The number of nitrogens with one attached hydrogen (secondary N) is 1. The van der Waals surface area contributed by atoms with Gasteiger partial charge in [-0.15, -0.1) is 0 Å². The van der Waals surface area contributed by atoms with Crippen LogP contribution in [0.4, 0.5) is 5.82 Å². The molecule has 122 valence electrons. The predicted octanol–water partition coefficient (Wildman–Crippen LogP) is 1.91. The van der Waals surface area contributed by atoms with E-state index in [1.807, 2.05) is 25.1 Å². The van der Waals surface area contributed by atoms with E-state index in [1.165, 1.54) is 4.57 Å². The van der Waals surface area contributed by atoms with Gasteiger partial charge in [-0.3, -0.25) is 4.52 Å². The lowest BCUT2D eigenvalue weighted by Gasteiger charge is -2.04. The minimum absolute atomic E-state index is 0.151. The number of nitrogens with zero attached hydrogens (tertiary/aromatic N) is 7. The van der Waals surface area contributed by atoms with Crippen LogP contribution in [0.5, 0.6) is 0 Å². The summed E-state index contributed by atoms with van der Waals surface area (Å²) in [6.07, 6.45) is 0. The first kappa shape index (κ1) is 15.3. The van der Waals surface area contributed by atoms with Crippen molar-refractivity contribution in [1.82, 2.24) is 20.0 Å². The summed E-state index contributed by atoms with van der Waals surface area (Å²) in [5.41, 5.74) is 10.0. The normalized spacial score (nSPS) is 10.4. The molecule has 0 fully saturated rings. The van der Waals surface area contributed by atoms with Crippen LogP contribution < -0.4 is 11.1 Å². The maximum atomic E-state index is 12.0. The Morgan fingerprint density at radius 2 is 2.25 bits per heavy atom. The van der Waals surface area contributed by atoms with E-state index >= 15 is 0 Å². The Hall–Kier alpha value is -3.59. The van der Waals surface area contributed by atoms with Gasteiger partial charge in [0.1, 0.15) is 0 Å². The number of anilines is 1. The van der Waals surface area contributed by atoms with E-state index in [0.717, 1.165) is 5.56 Å². The van der Waals surface area contributed by atoms with Gasteiger partial charge in [-0.25, -0.2) is 14.0 Å². The van der Waals surface area contributed by atoms with Gasteiger partial charge in [0.2, 0.25) is 11.6 Å². The van der Waals surface area contributed by atoms with Crippen LogP contribution >= 0.6 is 0 Å². The summed E-state index contributed by atoms with van der Waals surface area (Å²) in [5, 5.41) is 17.6. The molecular formula is C13H12N8O3. The van der Waals surface area contributed by atoms with Crippen molar-refractivity contribution in [3.63, 3.8) is 0 Å². The monoisotopic (exact) mass is 328 g/mol. The van der Waals surface area contributed by atoms with Crippen molar-refractivity contribution >= 4 is 5.82 Å². The predicted molar refractivity (Wildman–Crippen MR) is 82.6 cm³/mol. The van der Waals surface area contributed by atoms with Crippen molar-refractivity contribution in [3.05, 3.63) is 50.8 Å². The third-order valence-electron chi connectivity index (χ3n) is 3.13. The van der Waals surface area contributed by atoms with Gasteiger partial charge < -0.3 is 5.32 Å². The highest BCUT2D eigenvalue weighted by Gasteiger charge is 2.22. The largest absolute Gasteiger partial charge is 0.446 e. The molecule has 0 amide bonds. The smallest absolute Gasteiger partial charge is 0.365 e. The van der Waals surface area contributed by atoms with E-state index in [2.05, 4.69) is 30.8 Å². The molecule has 24 heavy (non-hydrogen) atoms. The van der Waals surface area contributed by atoms with Gasteiger partial charge in [-0.1, -0.05) is 22.4 Å². The highest BCUT2D eigenvalue weighted by molar-refractivity contribution is 5.66. The van der Waals surface area contributed by atoms with Gasteiger partial charge in [0.25, 0.3) is 0 Å². The summed E-state index contributed by atoms with van der Waals surface area (Å²) < 4.78 is 10.8. The molecule has 0 aliphatic rings. The van der Waals surface area contributed by atoms with Crippen LogP contribution in [0, 0.1) is 6.92 Å². The van der Waals surface area contributed by atoms with Gasteiger partial charge in [-0.05, 0) is 40.5 Å². The van der Waals surface area contributed by atoms with Crippen LogP contribution in [-0.4, -0.2) is 33.1 Å². The molecule has 0 saturated heterocycles. The first-order valence-electron chi connectivity index (χ1n) is 6.94. The van der Waals surface area contributed by atoms with Crippen LogP contribution in [0.3, 0.4) is 0 Å². The molecule has 0 unspecified atom stereocenters. The molecule has 11 heteroatoms. The second kappa shape index (κ2) is 6.67. The average molecular weight is 328 g/mol. The molecule has 0 bridgehead atoms. The second-order valence-corrected chi connectivity index (χ2v) is 4.79. The zero-order chi connectivity index (χ0) is 16.9. The third kappa shape index (κ3) is 2.96. The lowest BCUT2D eigenvalue weighted by molar-refractivity contribution is 0.309. The SMILES string of the molecule is Cc1cccc(-n2c(-c3nonc3NCCN=[N+]=[N-])noc2=O)c1. The topological polar surface area (TPSA) is 148 Å². The van der Waals surface area contributed by atoms with Crippen LogP contribution in [0.1, 0.15) is 5.56 Å². The third-order valence-corrected chi connectivity index (χ3v) is 3.13. The van der Waals surface area contributed by atoms with E-state index in [4.69, 9.17) is 14.7 Å². The van der Waals surface area contributed by atoms with E-state index in [-0.39, 0.29) is 23.9 Å². The van der Waals surface area contributed by atoms with Gasteiger partial charge >= 0.3 is 5.76 Å². The van der Waals surface area contributed by atoms with E-state index in [0.29, 0.717) is 12.2 Å². The Bertz CT molecular complexity index is 950. The average Bonchev–Trinajstić information content (AvgIpc) is 3.17. The van der Waals surface area contributed by atoms with Crippen molar-refractivity contribution in [1.29, 1.82) is 0 Å². The van der Waals surface area contributed by atoms with Crippen molar-refractivity contribution in [2.75, 3.05) is 18.4 Å². The van der Waals surface area contributed by atoms with Gasteiger partial charge in [0, 0.05) is 18.0 Å². The molecule has 0 saturated carbocycles. The molecule has 0 aliphatic heterocycles. The number of aromatic nitrogens is 4. The summed E-state index contributed by atoms with van der Waals surface area (Å²) in [6.45, 7) is 2.44. The van der Waals surface area contributed by atoms with E-state index in [1.54, 1.807) is 6.07 Å². The van der Waals surface area contributed by atoms with E-state index in [9.17, 15) is 4.79 Å². The first-order valence-corrected chi connectivity index (χ1v) is 6.94. The van der Waals surface area contributed by atoms with Gasteiger partial charge in [0.15, 0.2) is 5.69 Å². The molecule has 0 aliphatic carbocycles. The summed E-state index contributed by atoms with van der Waals surface area (Å²) in [5.74, 6) is -0.241. The Labute approximate surface area is 134 Å². The van der Waals surface area contributed by atoms with E-state index < -0.39 is 5.76 Å². The summed E-state index contributed by atoms with van der Waals surface area (Å²) in [6, 6.07) is 7.28. The number of hydrogen-bond acceptors (Lipinski definition) is 8. The molecule has 1 aromatic carbocycles. The maximum Gasteiger partial charge on any atom is 0.446 e. The van der Waals surface area contributed by atoms with Crippen LogP contribution in [0.2, 0.25) is 0 Å². The van der Waals surface area contributed by atoms with Crippen molar-refractivity contribution < 1.29 is 9.15 Å². The maximum absolute atomic E-state index is 12.0. The quantitative estimate of drug-likeness (QED) is 0.314. The molecule has 3 aromatic rings. The lowest BCUT2D eigenvalue weighted by Crippen LogP contribution is -2.14. The fourth-order valence-corrected chi connectivity index (χ4v) is 2.11. The first-order chi connectivity index (χ1) is 11.7.